The Labute approximate surface area is 99.8 Å². The third kappa shape index (κ3) is 3.00. The Morgan fingerprint density at radius 3 is 2.08 bits per heavy atom. The Balaban J connectivity index is 3.04. The van der Waals surface area contributed by atoms with Crippen molar-refractivity contribution in [2.24, 2.45) is 5.41 Å². The second-order valence-electron chi connectivity index (χ2n) is 4.31. The zero-order valence-corrected chi connectivity index (χ0v) is 10.7. The first-order valence-corrected chi connectivity index (χ1v) is 6.44. The number of allylic oxidation sites excluding steroid dienone is 4. The summed E-state index contributed by atoms with van der Waals surface area (Å²) in [5.74, 6) is 0. The molecule has 0 saturated carbocycles. The first-order chi connectivity index (χ1) is 5.39. The van der Waals surface area contributed by atoms with Gasteiger partial charge < -0.3 is 0 Å². The standard InChI is InChI=1S/C11H18Xe/c1-8-6-9(2)12-10(7-8)11(3,4)5/h6-7,12H,1-5H3. The van der Waals surface area contributed by atoms with E-state index in [4.69, 9.17) is 0 Å². The Kier molecular flexibility index (Phi) is 3.64. The van der Waals surface area contributed by atoms with Crippen LogP contribution >= 0.6 is 0 Å². The second-order valence-corrected chi connectivity index (χ2v) is 7.72. The Morgan fingerprint density at radius 1 is 1.08 bits per heavy atom. The van der Waals surface area contributed by atoms with Gasteiger partial charge in [0.15, 0.2) is 0 Å². The van der Waals surface area contributed by atoms with Gasteiger partial charge in [0.05, 0.1) is 0 Å². The second kappa shape index (κ2) is 3.97. The molecule has 1 heteroatoms. The van der Waals surface area contributed by atoms with E-state index in [-0.39, 0.29) is 43.6 Å². The molecule has 0 unspecified atom stereocenters. The van der Waals surface area contributed by atoms with Gasteiger partial charge in [-0.05, 0) is 0 Å². The van der Waals surface area contributed by atoms with Crippen LogP contribution < -0.4 is 0 Å². The van der Waals surface area contributed by atoms with Crippen molar-refractivity contribution in [3.05, 3.63) is 17.8 Å². The maximum atomic E-state index is 2.38. The van der Waals surface area contributed by atoms with Crippen LogP contribution in [-0.4, -0.2) is -0.0571 Å². The molecule has 0 atom stereocenters. The van der Waals surface area contributed by atoms with Gasteiger partial charge in [0.2, 0.25) is 0 Å². The van der Waals surface area contributed by atoms with Crippen molar-refractivity contribution in [1.29, 1.82) is 0 Å². The van der Waals surface area contributed by atoms with Gasteiger partial charge in [-0.3, -0.25) is 0 Å². The topological polar surface area (TPSA) is 0 Å². The molecular formula is C11H18Xe. The van der Waals surface area contributed by atoms with Crippen LogP contribution in [0.4, 0.5) is 0 Å². The summed E-state index contributed by atoms with van der Waals surface area (Å²) in [6.07, 6.45) is 4.70. The van der Waals surface area contributed by atoms with E-state index < -0.39 is 0 Å². The number of hydrogen-bond donors (Lipinski definition) is 0. The van der Waals surface area contributed by atoms with Crippen LogP contribution in [0.2, 0.25) is 0 Å². The molecule has 0 bridgehead atoms. The molecule has 0 aromatic carbocycles. The third-order valence-corrected chi connectivity index (χ3v) is 5.42. The van der Waals surface area contributed by atoms with Crippen molar-refractivity contribution < 1.29 is 43.6 Å². The van der Waals surface area contributed by atoms with Crippen LogP contribution in [0, 0.1) is 49.1 Å². The van der Waals surface area contributed by atoms with Crippen LogP contribution in [0.3, 0.4) is 0 Å². The molecule has 0 spiro atoms. The van der Waals surface area contributed by atoms with E-state index in [1.807, 2.05) is 0 Å². The van der Waals surface area contributed by atoms with E-state index in [2.05, 4.69) is 46.8 Å². The molecule has 70 valence electrons. The quantitative estimate of drug-likeness (QED) is 0.640. The van der Waals surface area contributed by atoms with Gasteiger partial charge >= 0.3 is 101 Å². The van der Waals surface area contributed by atoms with E-state index in [9.17, 15) is 0 Å². The SMILES string of the molecule is CC1=CC(C(C)(C)C)=[XeH]C(C)=C1. The fourth-order valence-corrected chi connectivity index (χ4v) is 4.15. The number of hydrogen-bond acceptors (Lipinski definition) is 0. The third-order valence-electron chi connectivity index (χ3n) is 1.75. The molecule has 0 radical (unpaired) electrons. The van der Waals surface area contributed by atoms with Crippen molar-refractivity contribution in [3.8, 4) is 0 Å². The van der Waals surface area contributed by atoms with Gasteiger partial charge in [-0.15, -0.1) is 0 Å². The fraction of sp³-hybridized carbons (Fsp3) is 0.545. The molecule has 0 aromatic heterocycles. The summed E-state index contributed by atoms with van der Waals surface area (Å²) in [4.78, 5) is 0. The molecule has 0 aliphatic carbocycles. The Bertz CT molecular complexity index is 269. The monoisotopic (exact) mass is 282 g/mol. The molecule has 0 aromatic rings. The van der Waals surface area contributed by atoms with Gasteiger partial charge in [0.1, 0.15) is 0 Å². The van der Waals surface area contributed by atoms with Crippen molar-refractivity contribution in [2.75, 3.05) is 0 Å². The molecule has 1 rings (SSSR count). The Hall–Kier alpha value is 0.921. The molecule has 1 heterocycles. The summed E-state index contributed by atoms with van der Waals surface area (Å²) in [6, 6.07) is 0. The summed E-state index contributed by atoms with van der Waals surface area (Å²) < 4.78 is 3.26. The zero-order valence-electron chi connectivity index (χ0n) is 8.53. The molecule has 0 N–H and O–H groups in total. The van der Waals surface area contributed by atoms with Gasteiger partial charge in [-0.25, -0.2) is 0 Å². The van der Waals surface area contributed by atoms with E-state index in [1.165, 1.54) is 5.57 Å². The summed E-state index contributed by atoms with van der Waals surface area (Å²) in [7, 11) is 0. The van der Waals surface area contributed by atoms with Crippen molar-refractivity contribution in [2.45, 2.75) is 34.6 Å². The molecule has 0 amide bonds. The first-order valence-electron chi connectivity index (χ1n) is 4.28. The van der Waals surface area contributed by atoms with Gasteiger partial charge in [0.25, 0.3) is 0 Å². The minimum absolute atomic E-state index is 0.170. The zero-order chi connectivity index (χ0) is 9.35. The van der Waals surface area contributed by atoms with Crippen LogP contribution in [0.25, 0.3) is 0 Å². The van der Waals surface area contributed by atoms with Crippen LogP contribution in [0.1, 0.15) is 34.6 Å². The first kappa shape index (κ1) is 11.0. The predicted octanol–water partition coefficient (Wildman–Crippen LogP) is 2.89. The fourth-order valence-electron chi connectivity index (χ4n) is 1.13. The molecule has 12 heavy (non-hydrogen) atoms. The van der Waals surface area contributed by atoms with Crippen LogP contribution in [0.15, 0.2) is 17.8 Å². The van der Waals surface area contributed by atoms with Crippen LogP contribution in [-0.2, 0) is 0 Å². The minimum atomic E-state index is 0.170. The summed E-state index contributed by atoms with van der Waals surface area (Å²) in [6.45, 7) is 11.4. The Morgan fingerprint density at radius 2 is 1.67 bits per heavy atom. The van der Waals surface area contributed by atoms with Crippen molar-refractivity contribution >= 4 is -0.0571 Å². The van der Waals surface area contributed by atoms with Gasteiger partial charge in [-0.2, -0.15) is 0 Å². The molecule has 0 fully saturated rings. The van der Waals surface area contributed by atoms with Crippen molar-refractivity contribution in [1.82, 2.24) is 0 Å². The molecular weight excluding hydrogens is 263 g/mol. The molecule has 0 saturated heterocycles. The van der Waals surface area contributed by atoms with Gasteiger partial charge in [0, 0.05) is 0 Å². The average Bonchev–Trinajstić information content (AvgIpc) is 1.82. The maximum absolute atomic E-state index is 2.38. The predicted molar refractivity (Wildman–Crippen MR) is 53.4 cm³/mol. The molecule has 1 aliphatic rings. The molecule has 1 aliphatic heterocycles. The normalized spacial score (nSPS) is 19.6. The summed E-state index contributed by atoms with van der Waals surface area (Å²) >= 11 is 0.170. The van der Waals surface area contributed by atoms with Crippen LogP contribution in [0.5, 0.6) is 0 Å². The van der Waals surface area contributed by atoms with E-state index in [1.54, 1.807) is -0.0160 Å². The van der Waals surface area contributed by atoms with Crippen molar-refractivity contribution in [3.63, 3.8) is 0 Å². The number of rotatable bonds is 0. The molecule has 0 nitrogen and oxygen atoms in total. The summed E-state index contributed by atoms with van der Waals surface area (Å²) in [5.41, 5.74) is 1.80. The average molecular weight is 282 g/mol. The summed E-state index contributed by atoms with van der Waals surface area (Å²) in [5, 5.41) is 0. The van der Waals surface area contributed by atoms with Gasteiger partial charge in [-0.1, -0.05) is 0 Å². The van der Waals surface area contributed by atoms with E-state index in [0.29, 0.717) is 5.41 Å². The van der Waals surface area contributed by atoms with E-state index in [0.717, 1.165) is 0 Å². The van der Waals surface area contributed by atoms with E-state index >= 15 is 0 Å².